The third kappa shape index (κ3) is 10.9. The molecular formula is C33H45N4O8PS. The molecule has 0 aliphatic carbocycles. The van der Waals surface area contributed by atoms with Crippen molar-refractivity contribution < 1.29 is 37.9 Å². The van der Waals surface area contributed by atoms with E-state index in [0.29, 0.717) is 33.2 Å². The molecule has 0 saturated heterocycles. The number of benzene rings is 2. The largest absolute Gasteiger partial charge is 0.491 e. The van der Waals surface area contributed by atoms with Crippen LogP contribution < -0.4 is 30.3 Å². The van der Waals surface area contributed by atoms with E-state index in [1.165, 1.54) is 11.3 Å². The highest BCUT2D eigenvalue weighted by molar-refractivity contribution is 7.67. The quantitative estimate of drug-likeness (QED) is 0.111. The van der Waals surface area contributed by atoms with Gasteiger partial charge in [-0.1, -0.05) is 27.7 Å². The van der Waals surface area contributed by atoms with Crippen LogP contribution in [0, 0.1) is 11.8 Å². The summed E-state index contributed by atoms with van der Waals surface area (Å²) in [6.45, 7) is 14.7. The van der Waals surface area contributed by atoms with Crippen molar-refractivity contribution in [2.24, 2.45) is 11.8 Å². The van der Waals surface area contributed by atoms with Gasteiger partial charge in [-0.3, -0.25) is 24.3 Å². The van der Waals surface area contributed by atoms with Crippen LogP contribution in [0.15, 0.2) is 54.0 Å². The number of hydrogen-bond donors (Lipinski definition) is 3. The summed E-state index contributed by atoms with van der Waals surface area (Å²) in [4.78, 5) is 42.9. The standard InChI is InChI=1S/C33H45N4O8PS/c1-9-42-31(39)28(20(3)4)36-46(41,37-29(21(5)6)32(40)43-10-2)27-13-11-24(12-14-27)45-26-18-23(17-25(19-26)44-22(7)8)30(38)35-33-34-15-16-47-33/h11-22,28-29H,9-10H2,1-8H3,(H,34,35,38)(H2,36,37,41)/t28-,29-/m0/s1. The molecule has 0 spiro atoms. The van der Waals surface area contributed by atoms with Crippen LogP contribution in [0.5, 0.6) is 17.2 Å². The van der Waals surface area contributed by atoms with Crippen LogP contribution in [0.2, 0.25) is 0 Å². The van der Waals surface area contributed by atoms with Gasteiger partial charge in [-0.2, -0.15) is 0 Å². The van der Waals surface area contributed by atoms with Crippen molar-refractivity contribution in [3.8, 4) is 17.2 Å². The van der Waals surface area contributed by atoms with Gasteiger partial charge in [0.2, 0.25) is 7.44 Å². The molecule has 256 valence electrons. The van der Waals surface area contributed by atoms with Crippen LogP contribution >= 0.6 is 18.8 Å². The van der Waals surface area contributed by atoms with Crippen molar-refractivity contribution >= 4 is 47.1 Å². The highest BCUT2D eigenvalue weighted by Crippen LogP contribution is 2.39. The van der Waals surface area contributed by atoms with Crippen molar-refractivity contribution in [2.45, 2.75) is 73.6 Å². The Morgan fingerprint density at radius 2 is 1.36 bits per heavy atom. The zero-order chi connectivity index (χ0) is 34.7. The smallest absolute Gasteiger partial charge is 0.323 e. The van der Waals surface area contributed by atoms with E-state index in [-0.39, 0.29) is 37.1 Å². The number of amides is 1. The van der Waals surface area contributed by atoms with E-state index in [1.54, 1.807) is 67.9 Å². The highest BCUT2D eigenvalue weighted by atomic mass is 32.1. The van der Waals surface area contributed by atoms with Gasteiger partial charge in [0.1, 0.15) is 29.3 Å². The molecule has 0 unspecified atom stereocenters. The Kier molecular flexibility index (Phi) is 14.0. The number of carbonyl (C=O) groups excluding carboxylic acids is 3. The molecule has 3 aromatic rings. The van der Waals surface area contributed by atoms with Gasteiger partial charge in [-0.25, -0.2) is 15.2 Å². The zero-order valence-electron chi connectivity index (χ0n) is 28.1. The molecule has 3 rings (SSSR count). The van der Waals surface area contributed by atoms with Crippen LogP contribution in [0.1, 0.15) is 65.7 Å². The summed E-state index contributed by atoms with van der Waals surface area (Å²) in [5, 5.41) is 11.3. The molecule has 47 heavy (non-hydrogen) atoms. The molecule has 3 N–H and O–H groups in total. The van der Waals surface area contributed by atoms with Gasteiger partial charge in [-0.05, 0) is 75.9 Å². The Bertz CT molecular complexity index is 1490. The number of thiazole rings is 1. The van der Waals surface area contributed by atoms with Crippen LogP contribution in [0.4, 0.5) is 5.13 Å². The number of ether oxygens (including phenoxy) is 4. The number of nitrogens with one attached hydrogen (secondary N) is 3. The van der Waals surface area contributed by atoms with E-state index in [0.717, 1.165) is 0 Å². The third-order valence-corrected chi connectivity index (χ3v) is 9.66. The maximum absolute atomic E-state index is 14.8. The van der Waals surface area contributed by atoms with Gasteiger partial charge in [-0.15, -0.1) is 11.3 Å². The molecule has 0 bridgehead atoms. The molecule has 1 heterocycles. The van der Waals surface area contributed by atoms with Gasteiger partial charge in [0, 0.05) is 28.5 Å². The summed E-state index contributed by atoms with van der Waals surface area (Å²) in [6, 6.07) is 9.40. The molecule has 12 nitrogen and oxygen atoms in total. The van der Waals surface area contributed by atoms with Crippen LogP contribution in [0.25, 0.3) is 0 Å². The summed E-state index contributed by atoms with van der Waals surface area (Å²) in [5.41, 5.74) is 0.306. The first kappa shape index (κ1) is 37.7. The Hall–Kier alpha value is -3.77. The van der Waals surface area contributed by atoms with Gasteiger partial charge in [0.25, 0.3) is 5.91 Å². The summed E-state index contributed by atoms with van der Waals surface area (Å²) in [7, 11) is -3.86. The molecule has 0 aliphatic heterocycles. The van der Waals surface area contributed by atoms with E-state index < -0.39 is 31.5 Å². The number of hydrogen-bond acceptors (Lipinski definition) is 10. The van der Waals surface area contributed by atoms with E-state index in [9.17, 15) is 18.9 Å². The minimum absolute atomic E-state index is 0.151. The average Bonchev–Trinajstić information content (AvgIpc) is 3.51. The van der Waals surface area contributed by atoms with Crippen LogP contribution in [-0.2, 0) is 23.6 Å². The minimum Gasteiger partial charge on any atom is -0.491 e. The number of rotatable bonds is 17. The molecule has 1 aromatic heterocycles. The maximum Gasteiger partial charge on any atom is 0.323 e. The van der Waals surface area contributed by atoms with Crippen molar-refractivity contribution in [1.82, 2.24) is 15.2 Å². The molecule has 0 radical (unpaired) electrons. The van der Waals surface area contributed by atoms with Crippen molar-refractivity contribution in [2.75, 3.05) is 18.5 Å². The number of nitrogens with zero attached hydrogens (tertiary/aromatic N) is 1. The van der Waals surface area contributed by atoms with Gasteiger partial charge >= 0.3 is 11.9 Å². The molecule has 1 amide bonds. The second kappa shape index (κ2) is 17.4. The van der Waals surface area contributed by atoms with E-state index in [4.69, 9.17) is 18.9 Å². The molecular weight excluding hydrogens is 643 g/mol. The Morgan fingerprint density at radius 3 is 1.83 bits per heavy atom. The van der Waals surface area contributed by atoms with E-state index in [1.807, 2.05) is 41.5 Å². The lowest BCUT2D eigenvalue weighted by Crippen LogP contribution is -2.49. The SMILES string of the molecule is CCOC(=O)[C@@H](NP(=O)(N[C@H](C(=O)OCC)C(C)C)c1ccc(Oc2cc(OC(C)C)cc(C(=O)Nc3nccs3)c2)cc1)C(C)C. The van der Waals surface area contributed by atoms with Crippen molar-refractivity contribution in [3.05, 3.63) is 59.6 Å². The first-order chi connectivity index (χ1) is 22.3. The average molecular weight is 689 g/mol. The van der Waals surface area contributed by atoms with E-state index >= 15 is 0 Å². The highest BCUT2D eigenvalue weighted by Gasteiger charge is 2.38. The Balaban J connectivity index is 1.97. The summed E-state index contributed by atoms with van der Waals surface area (Å²) in [6.07, 6.45) is 1.45. The Morgan fingerprint density at radius 1 is 0.809 bits per heavy atom. The van der Waals surface area contributed by atoms with Crippen LogP contribution in [-0.4, -0.2) is 54.2 Å². The first-order valence-corrected chi connectivity index (χ1v) is 18.1. The summed E-state index contributed by atoms with van der Waals surface area (Å²) in [5.74, 6) is -0.902. The normalized spacial score (nSPS) is 12.9. The number of carbonyl (C=O) groups is 3. The lowest BCUT2D eigenvalue weighted by atomic mass is 10.1. The molecule has 0 aliphatic rings. The molecule has 14 heteroatoms. The maximum atomic E-state index is 14.8. The second-order valence-corrected chi connectivity index (χ2v) is 14.7. The Labute approximate surface area is 280 Å². The molecule has 2 aromatic carbocycles. The predicted octanol–water partition coefficient (Wildman–Crippen LogP) is 6.15. The summed E-state index contributed by atoms with van der Waals surface area (Å²) >= 11 is 1.30. The van der Waals surface area contributed by atoms with Crippen molar-refractivity contribution in [1.29, 1.82) is 0 Å². The number of esters is 2. The molecule has 2 atom stereocenters. The topological polar surface area (TPSA) is 154 Å². The fraction of sp³-hybridized carbons (Fsp3) is 0.455. The number of anilines is 1. The molecule has 0 saturated carbocycles. The lowest BCUT2D eigenvalue weighted by molar-refractivity contribution is -0.146. The zero-order valence-corrected chi connectivity index (χ0v) is 29.8. The minimum atomic E-state index is -3.86. The third-order valence-electron chi connectivity index (χ3n) is 6.66. The van der Waals surface area contributed by atoms with Gasteiger partial charge in [0.05, 0.1) is 19.3 Å². The van der Waals surface area contributed by atoms with E-state index in [2.05, 4.69) is 20.5 Å². The number of aromatic nitrogens is 1. The van der Waals surface area contributed by atoms with Crippen molar-refractivity contribution in [3.63, 3.8) is 0 Å². The first-order valence-electron chi connectivity index (χ1n) is 15.6. The predicted molar refractivity (Wildman–Crippen MR) is 183 cm³/mol. The monoisotopic (exact) mass is 688 g/mol. The van der Waals surface area contributed by atoms with Crippen LogP contribution in [0.3, 0.4) is 0 Å². The van der Waals surface area contributed by atoms with Gasteiger partial charge < -0.3 is 18.9 Å². The van der Waals surface area contributed by atoms with Gasteiger partial charge in [0.15, 0.2) is 5.13 Å². The summed E-state index contributed by atoms with van der Waals surface area (Å²) < 4.78 is 37.3. The fourth-order valence-electron chi connectivity index (χ4n) is 4.41. The molecule has 0 fully saturated rings. The lowest BCUT2D eigenvalue weighted by Gasteiger charge is -2.31. The fourth-order valence-corrected chi connectivity index (χ4v) is 7.46. The second-order valence-electron chi connectivity index (χ2n) is 11.6.